The molecule has 2 unspecified atom stereocenters. The number of rotatable bonds is 5. The summed E-state index contributed by atoms with van der Waals surface area (Å²) in [6.45, 7) is 1.75. The number of halogens is 1. The molecule has 1 heterocycles. The van der Waals surface area contributed by atoms with E-state index in [2.05, 4.69) is 0 Å². The van der Waals surface area contributed by atoms with Crippen LogP contribution in [0.25, 0.3) is 0 Å². The number of hydrogen-bond donors (Lipinski definition) is 1. The van der Waals surface area contributed by atoms with E-state index < -0.39 is 33.8 Å². The molecule has 8 heteroatoms. The Morgan fingerprint density at radius 2 is 2.00 bits per heavy atom. The van der Waals surface area contributed by atoms with Gasteiger partial charge >= 0.3 is 5.97 Å². The zero-order chi connectivity index (χ0) is 15.6. The highest BCUT2D eigenvalue weighted by molar-refractivity contribution is 7.89. The first-order chi connectivity index (χ1) is 9.87. The number of hydrogen-bond acceptors (Lipinski definition) is 4. The molecule has 0 radical (unpaired) electrons. The van der Waals surface area contributed by atoms with Crippen LogP contribution in [0.5, 0.6) is 0 Å². The first-order valence-corrected chi connectivity index (χ1v) is 7.90. The number of carboxylic acid groups (broad SMARTS) is 1. The topological polar surface area (TPSA) is 83.9 Å². The second-order valence-corrected chi connectivity index (χ2v) is 6.60. The summed E-state index contributed by atoms with van der Waals surface area (Å²) in [6.07, 6.45) is 0. The Kier molecular flexibility index (Phi) is 4.60. The Hall–Kier alpha value is -1.51. The number of sulfonamides is 1. The van der Waals surface area contributed by atoms with Crippen LogP contribution < -0.4 is 0 Å². The number of aliphatic carboxylic acids is 1. The predicted molar refractivity (Wildman–Crippen MR) is 71.7 cm³/mol. The van der Waals surface area contributed by atoms with Gasteiger partial charge in [-0.2, -0.15) is 4.31 Å². The van der Waals surface area contributed by atoms with Crippen molar-refractivity contribution in [3.63, 3.8) is 0 Å². The van der Waals surface area contributed by atoms with Gasteiger partial charge in [0.05, 0.1) is 30.1 Å². The van der Waals surface area contributed by atoms with Crippen LogP contribution >= 0.6 is 0 Å². The minimum Gasteiger partial charge on any atom is -0.481 e. The van der Waals surface area contributed by atoms with E-state index in [1.165, 1.54) is 12.1 Å². The van der Waals surface area contributed by atoms with Gasteiger partial charge < -0.3 is 9.84 Å². The van der Waals surface area contributed by atoms with Crippen molar-refractivity contribution in [2.75, 3.05) is 19.8 Å². The Morgan fingerprint density at radius 3 is 2.52 bits per heavy atom. The van der Waals surface area contributed by atoms with Crippen LogP contribution in [-0.4, -0.2) is 49.6 Å². The lowest BCUT2D eigenvalue weighted by molar-refractivity contribution is -0.142. The summed E-state index contributed by atoms with van der Waals surface area (Å²) in [7, 11) is -3.89. The maximum Gasteiger partial charge on any atom is 0.310 e. The summed E-state index contributed by atoms with van der Waals surface area (Å²) in [4.78, 5) is 11.1. The van der Waals surface area contributed by atoms with Crippen molar-refractivity contribution in [2.24, 2.45) is 5.92 Å². The lowest BCUT2D eigenvalue weighted by atomic mass is 10.0. The van der Waals surface area contributed by atoms with Crippen LogP contribution in [0, 0.1) is 11.7 Å². The van der Waals surface area contributed by atoms with Crippen LogP contribution in [0.2, 0.25) is 0 Å². The Bertz CT molecular complexity index is 616. The highest BCUT2D eigenvalue weighted by Gasteiger charge is 2.42. The van der Waals surface area contributed by atoms with E-state index in [0.717, 1.165) is 16.4 Å². The fourth-order valence-electron chi connectivity index (χ4n) is 2.39. The lowest BCUT2D eigenvalue weighted by Gasteiger charge is -2.28. The van der Waals surface area contributed by atoms with E-state index in [0.29, 0.717) is 0 Å². The van der Waals surface area contributed by atoms with Crippen molar-refractivity contribution in [1.29, 1.82) is 0 Å². The van der Waals surface area contributed by atoms with Gasteiger partial charge in [-0.1, -0.05) is 6.92 Å². The minimum absolute atomic E-state index is 0.0184. The third-order valence-electron chi connectivity index (χ3n) is 3.47. The monoisotopic (exact) mass is 317 g/mol. The Balaban J connectivity index is 2.35. The minimum atomic E-state index is -3.89. The second-order valence-electron chi connectivity index (χ2n) is 4.71. The quantitative estimate of drug-likeness (QED) is 0.873. The van der Waals surface area contributed by atoms with Gasteiger partial charge in [-0.25, -0.2) is 12.8 Å². The molecule has 1 aromatic carbocycles. The van der Waals surface area contributed by atoms with E-state index in [9.17, 15) is 17.6 Å². The van der Waals surface area contributed by atoms with Crippen molar-refractivity contribution < 1.29 is 27.4 Å². The third-order valence-corrected chi connectivity index (χ3v) is 5.48. The van der Waals surface area contributed by atoms with Crippen molar-refractivity contribution >= 4 is 16.0 Å². The van der Waals surface area contributed by atoms with E-state index in [4.69, 9.17) is 9.84 Å². The summed E-state index contributed by atoms with van der Waals surface area (Å²) < 4.78 is 44.3. The maximum absolute atomic E-state index is 12.9. The standard InChI is InChI=1S/C13H16FNO5S/c1-2-15(12-8-20-7-11(12)13(16)17)21(18,19)10-5-3-9(14)4-6-10/h3-6,11-12H,2,7-8H2,1H3,(H,16,17). The molecule has 0 aliphatic carbocycles. The normalized spacial score (nSPS) is 22.6. The Labute approximate surface area is 122 Å². The molecule has 0 amide bonds. The fourth-order valence-corrected chi connectivity index (χ4v) is 4.04. The van der Waals surface area contributed by atoms with Crippen LogP contribution in [-0.2, 0) is 19.6 Å². The molecular formula is C13H16FNO5S. The number of carbonyl (C=O) groups is 1. The number of likely N-dealkylation sites (N-methyl/N-ethyl adjacent to an activating group) is 1. The number of nitrogens with zero attached hydrogens (tertiary/aromatic N) is 1. The van der Waals surface area contributed by atoms with Gasteiger partial charge in [0, 0.05) is 6.54 Å². The largest absolute Gasteiger partial charge is 0.481 e. The van der Waals surface area contributed by atoms with Gasteiger partial charge in [-0.3, -0.25) is 4.79 Å². The molecule has 6 nitrogen and oxygen atoms in total. The first-order valence-electron chi connectivity index (χ1n) is 6.46. The van der Waals surface area contributed by atoms with Gasteiger partial charge in [0.25, 0.3) is 0 Å². The molecule has 0 spiro atoms. The number of benzene rings is 1. The van der Waals surface area contributed by atoms with Crippen LogP contribution in [0.3, 0.4) is 0 Å². The number of ether oxygens (including phenoxy) is 1. The highest BCUT2D eigenvalue weighted by Crippen LogP contribution is 2.26. The molecule has 1 aliphatic rings. The van der Waals surface area contributed by atoms with Crippen LogP contribution in [0.1, 0.15) is 6.92 Å². The first kappa shape index (κ1) is 15.9. The fraction of sp³-hybridized carbons (Fsp3) is 0.462. The molecular weight excluding hydrogens is 301 g/mol. The van der Waals surface area contributed by atoms with Gasteiger partial charge in [0.2, 0.25) is 10.0 Å². The Morgan fingerprint density at radius 1 is 1.38 bits per heavy atom. The summed E-state index contributed by atoms with van der Waals surface area (Å²) in [6, 6.07) is 3.68. The summed E-state index contributed by atoms with van der Waals surface area (Å²) in [5.41, 5.74) is 0. The molecule has 0 bridgehead atoms. The molecule has 1 N–H and O–H groups in total. The molecule has 2 rings (SSSR count). The van der Waals surface area contributed by atoms with E-state index >= 15 is 0 Å². The molecule has 1 fully saturated rings. The van der Waals surface area contributed by atoms with E-state index in [1.807, 2.05) is 0 Å². The molecule has 0 saturated carbocycles. The van der Waals surface area contributed by atoms with Gasteiger partial charge in [-0.05, 0) is 24.3 Å². The van der Waals surface area contributed by atoms with Gasteiger partial charge in [-0.15, -0.1) is 0 Å². The van der Waals surface area contributed by atoms with Crippen molar-refractivity contribution in [2.45, 2.75) is 17.9 Å². The van der Waals surface area contributed by atoms with Crippen LogP contribution in [0.15, 0.2) is 29.2 Å². The predicted octanol–water partition coefficient (Wildman–Crippen LogP) is 0.936. The SMILES string of the molecule is CCN(C1COCC1C(=O)O)S(=O)(=O)c1ccc(F)cc1. The zero-order valence-electron chi connectivity index (χ0n) is 11.4. The van der Waals surface area contributed by atoms with Crippen molar-refractivity contribution in [1.82, 2.24) is 4.31 Å². The second kappa shape index (κ2) is 6.08. The number of carboxylic acids is 1. The van der Waals surface area contributed by atoms with E-state index in [1.54, 1.807) is 6.92 Å². The van der Waals surface area contributed by atoms with Gasteiger partial charge in [0.1, 0.15) is 5.82 Å². The highest BCUT2D eigenvalue weighted by atomic mass is 32.2. The zero-order valence-corrected chi connectivity index (χ0v) is 12.2. The molecule has 21 heavy (non-hydrogen) atoms. The maximum atomic E-state index is 12.9. The molecule has 1 aromatic rings. The summed E-state index contributed by atoms with van der Waals surface area (Å²) in [5, 5.41) is 9.15. The van der Waals surface area contributed by atoms with Crippen molar-refractivity contribution in [3.8, 4) is 0 Å². The van der Waals surface area contributed by atoms with Crippen molar-refractivity contribution in [3.05, 3.63) is 30.1 Å². The molecule has 116 valence electrons. The average molecular weight is 317 g/mol. The lowest BCUT2D eigenvalue weighted by Crippen LogP contribution is -2.46. The van der Waals surface area contributed by atoms with Crippen LogP contribution in [0.4, 0.5) is 4.39 Å². The smallest absolute Gasteiger partial charge is 0.310 e. The molecule has 2 atom stereocenters. The van der Waals surface area contributed by atoms with E-state index in [-0.39, 0.29) is 24.7 Å². The third kappa shape index (κ3) is 3.07. The average Bonchev–Trinajstić information content (AvgIpc) is 2.89. The summed E-state index contributed by atoms with van der Waals surface area (Å²) >= 11 is 0. The molecule has 0 aromatic heterocycles. The molecule has 1 aliphatic heterocycles. The summed E-state index contributed by atoms with van der Waals surface area (Å²) in [5.74, 6) is -2.53. The molecule has 1 saturated heterocycles. The van der Waals surface area contributed by atoms with Gasteiger partial charge in [0.15, 0.2) is 0 Å².